The number of quaternary nitrogens is 1. The Bertz CT molecular complexity index is 153. The summed E-state index contributed by atoms with van der Waals surface area (Å²) in [6.45, 7) is 10.5. The zero-order chi connectivity index (χ0) is 11.0. The fourth-order valence-electron chi connectivity index (χ4n) is 2.93. The molecule has 1 rings (SSSR count). The van der Waals surface area contributed by atoms with E-state index in [-0.39, 0.29) is 12.4 Å². The minimum absolute atomic E-state index is 0. The highest BCUT2D eigenvalue weighted by Gasteiger charge is 2.30. The zero-order valence-electron chi connectivity index (χ0n) is 11.3. The Morgan fingerprint density at radius 2 is 1.31 bits per heavy atom. The summed E-state index contributed by atoms with van der Waals surface area (Å²) >= 11 is 0. The molecule has 1 saturated heterocycles. The molecule has 0 unspecified atom stereocenters. The van der Waals surface area contributed by atoms with Gasteiger partial charge in [0.15, 0.2) is 0 Å². The minimum Gasteiger partial charge on any atom is -1.00 e. The molecule has 1 aliphatic heterocycles. The van der Waals surface area contributed by atoms with Crippen LogP contribution in [0.15, 0.2) is 0 Å². The molecule has 0 aliphatic carbocycles. The van der Waals surface area contributed by atoms with Crippen molar-refractivity contribution in [3.05, 3.63) is 0 Å². The van der Waals surface area contributed by atoms with E-state index in [1.807, 2.05) is 0 Å². The van der Waals surface area contributed by atoms with Gasteiger partial charge in [-0.25, -0.2) is 0 Å². The van der Waals surface area contributed by atoms with Crippen LogP contribution in [0.25, 0.3) is 0 Å². The second kappa shape index (κ2) is 9.30. The molecule has 16 heavy (non-hydrogen) atoms. The summed E-state index contributed by atoms with van der Waals surface area (Å²) < 4.78 is 1.47. The highest BCUT2D eigenvalue weighted by molar-refractivity contribution is 4.56. The number of rotatable bonds is 8. The third-order valence-corrected chi connectivity index (χ3v) is 3.99. The van der Waals surface area contributed by atoms with E-state index in [0.29, 0.717) is 0 Å². The summed E-state index contributed by atoms with van der Waals surface area (Å²) in [5.41, 5.74) is 0. The molecule has 0 saturated carbocycles. The summed E-state index contributed by atoms with van der Waals surface area (Å²) in [7, 11) is 0. The Morgan fingerprint density at radius 3 is 1.88 bits per heavy atom. The number of hydrogen-bond donors (Lipinski definition) is 0. The van der Waals surface area contributed by atoms with Crippen LogP contribution in [0.1, 0.15) is 65.2 Å². The maximum absolute atomic E-state index is 2.32. The van der Waals surface area contributed by atoms with Gasteiger partial charge in [-0.3, -0.25) is 0 Å². The smallest absolute Gasteiger partial charge is 0.0788 e. The van der Waals surface area contributed by atoms with Crippen molar-refractivity contribution in [3.63, 3.8) is 0 Å². The van der Waals surface area contributed by atoms with Gasteiger partial charge >= 0.3 is 0 Å². The maximum atomic E-state index is 2.32. The van der Waals surface area contributed by atoms with Gasteiger partial charge in [-0.1, -0.05) is 33.1 Å². The number of unbranched alkanes of at least 4 members (excludes halogenated alkanes) is 4. The van der Waals surface area contributed by atoms with Gasteiger partial charge in [0.05, 0.1) is 26.2 Å². The molecule has 0 bridgehead atoms. The average molecular weight is 248 g/mol. The van der Waals surface area contributed by atoms with E-state index in [4.69, 9.17) is 0 Å². The van der Waals surface area contributed by atoms with Crippen LogP contribution in [0.5, 0.6) is 0 Å². The van der Waals surface area contributed by atoms with E-state index in [0.717, 1.165) is 0 Å². The Kier molecular flexibility index (Phi) is 9.44. The van der Waals surface area contributed by atoms with Crippen molar-refractivity contribution in [2.24, 2.45) is 0 Å². The van der Waals surface area contributed by atoms with Gasteiger partial charge < -0.3 is 16.9 Å². The molecule has 1 aliphatic rings. The SMILES string of the molecule is CCCCCC[N+]1(CCCC)CCCC1.[Cl-]. The standard InChI is InChI=1S/C14H30N.ClH/c1-3-5-7-8-12-15(11-6-4-2)13-9-10-14-15;/h3-14H2,1-2H3;1H/q+1;/p-1. The second-order valence-electron chi connectivity index (χ2n) is 5.36. The Morgan fingerprint density at radius 1 is 0.750 bits per heavy atom. The van der Waals surface area contributed by atoms with E-state index in [2.05, 4.69) is 13.8 Å². The molecule has 0 amide bonds. The van der Waals surface area contributed by atoms with Crippen molar-refractivity contribution in [1.29, 1.82) is 0 Å². The topological polar surface area (TPSA) is 0 Å². The molecular formula is C14H30ClN. The molecule has 1 fully saturated rings. The Balaban J connectivity index is 0.00000225. The lowest BCUT2D eigenvalue weighted by atomic mass is 10.1. The van der Waals surface area contributed by atoms with Crippen LogP contribution in [0.2, 0.25) is 0 Å². The first-order chi connectivity index (χ1) is 7.33. The molecule has 0 aromatic carbocycles. The fourth-order valence-corrected chi connectivity index (χ4v) is 2.93. The number of nitrogens with zero attached hydrogens (tertiary/aromatic N) is 1. The number of hydrogen-bond acceptors (Lipinski definition) is 0. The van der Waals surface area contributed by atoms with E-state index in [9.17, 15) is 0 Å². The summed E-state index contributed by atoms with van der Waals surface area (Å²) in [4.78, 5) is 0. The van der Waals surface area contributed by atoms with E-state index < -0.39 is 0 Å². The number of likely N-dealkylation sites (tertiary alicyclic amines) is 1. The minimum atomic E-state index is 0. The van der Waals surface area contributed by atoms with Crippen molar-refractivity contribution in [3.8, 4) is 0 Å². The summed E-state index contributed by atoms with van der Waals surface area (Å²) in [6, 6.07) is 0. The fraction of sp³-hybridized carbons (Fsp3) is 1.00. The molecule has 2 heteroatoms. The number of halogens is 1. The van der Waals surface area contributed by atoms with E-state index in [1.165, 1.54) is 82.0 Å². The van der Waals surface area contributed by atoms with Crippen molar-refractivity contribution >= 4 is 0 Å². The van der Waals surface area contributed by atoms with Crippen LogP contribution >= 0.6 is 0 Å². The van der Waals surface area contributed by atoms with Gasteiger partial charge in [-0.15, -0.1) is 0 Å². The van der Waals surface area contributed by atoms with Crippen LogP contribution in [0, 0.1) is 0 Å². The van der Waals surface area contributed by atoms with Crippen LogP contribution in [0.4, 0.5) is 0 Å². The van der Waals surface area contributed by atoms with Gasteiger partial charge in [0, 0.05) is 12.8 Å². The van der Waals surface area contributed by atoms with Crippen LogP contribution < -0.4 is 12.4 Å². The third kappa shape index (κ3) is 5.54. The first-order valence-corrected chi connectivity index (χ1v) is 7.18. The summed E-state index contributed by atoms with van der Waals surface area (Å²) in [5, 5.41) is 0. The van der Waals surface area contributed by atoms with E-state index >= 15 is 0 Å². The van der Waals surface area contributed by atoms with Crippen LogP contribution in [-0.2, 0) is 0 Å². The van der Waals surface area contributed by atoms with Gasteiger partial charge in [0.1, 0.15) is 0 Å². The predicted octanol–water partition coefficient (Wildman–Crippen LogP) is 0.981. The van der Waals surface area contributed by atoms with Gasteiger partial charge in [0.2, 0.25) is 0 Å². The Labute approximate surface area is 109 Å². The normalized spacial score (nSPS) is 18.4. The maximum Gasteiger partial charge on any atom is 0.0788 e. The average Bonchev–Trinajstić information content (AvgIpc) is 2.71. The van der Waals surface area contributed by atoms with Crippen molar-refractivity contribution in [1.82, 2.24) is 0 Å². The lowest BCUT2D eigenvalue weighted by Gasteiger charge is -2.34. The molecule has 0 N–H and O–H groups in total. The Hall–Kier alpha value is 0.250. The molecule has 0 spiro atoms. The third-order valence-electron chi connectivity index (χ3n) is 3.99. The quantitative estimate of drug-likeness (QED) is 0.443. The highest BCUT2D eigenvalue weighted by Crippen LogP contribution is 2.22. The highest BCUT2D eigenvalue weighted by atomic mass is 35.5. The lowest BCUT2D eigenvalue weighted by molar-refractivity contribution is -0.917. The van der Waals surface area contributed by atoms with Crippen LogP contribution in [-0.4, -0.2) is 30.7 Å². The van der Waals surface area contributed by atoms with Crippen LogP contribution in [0.3, 0.4) is 0 Å². The monoisotopic (exact) mass is 247 g/mol. The molecule has 1 heterocycles. The molecular weight excluding hydrogens is 218 g/mol. The first kappa shape index (κ1) is 16.2. The zero-order valence-corrected chi connectivity index (χ0v) is 12.1. The molecule has 1 nitrogen and oxygen atoms in total. The second-order valence-corrected chi connectivity index (χ2v) is 5.36. The molecule has 0 aromatic rings. The first-order valence-electron chi connectivity index (χ1n) is 7.18. The van der Waals surface area contributed by atoms with Gasteiger partial charge in [0.25, 0.3) is 0 Å². The van der Waals surface area contributed by atoms with Crippen molar-refractivity contribution in [2.45, 2.75) is 65.2 Å². The van der Waals surface area contributed by atoms with Gasteiger partial charge in [-0.2, -0.15) is 0 Å². The summed E-state index contributed by atoms with van der Waals surface area (Å²) in [6.07, 6.45) is 11.5. The molecule has 0 atom stereocenters. The predicted molar refractivity (Wildman–Crippen MR) is 68.0 cm³/mol. The molecule has 98 valence electrons. The lowest BCUT2D eigenvalue weighted by Crippen LogP contribution is -3.00. The van der Waals surface area contributed by atoms with Gasteiger partial charge in [-0.05, 0) is 19.3 Å². The summed E-state index contributed by atoms with van der Waals surface area (Å²) in [5.74, 6) is 0. The van der Waals surface area contributed by atoms with Crippen molar-refractivity contribution in [2.75, 3.05) is 26.2 Å². The van der Waals surface area contributed by atoms with E-state index in [1.54, 1.807) is 0 Å². The largest absolute Gasteiger partial charge is 1.00 e. The van der Waals surface area contributed by atoms with Crippen molar-refractivity contribution < 1.29 is 16.9 Å². The molecule has 0 radical (unpaired) electrons. The molecule has 0 aromatic heterocycles.